The van der Waals surface area contributed by atoms with Gasteiger partial charge in [-0.2, -0.15) is 0 Å². The standard InChI is InChI=1S/C49H49ClN8O6/c50-40-29-52-48(55-45(40)34-12-8-11-33(23-34)32-9-4-3-5-10-32)53-36-25-37(28-51-27-36)58-31-49(26-44(58)61)18-20-56(21-19-49)43(60)13-6-1-2-7-22-64-38-14-15-39-35(24-38)30-57(47(39)63)41-16-17-42(59)54-46(41)62/h3-5,8-12,14-15,23-25,27-29,41H,1-2,6-7,13,16-22,26,30-31H2,(H,52,53,55)(H,54,59,62). The molecule has 3 fully saturated rings. The molecule has 64 heavy (non-hydrogen) atoms. The average Bonchev–Trinajstić information content (AvgIpc) is 3.81. The highest BCUT2D eigenvalue weighted by Gasteiger charge is 2.46. The van der Waals surface area contributed by atoms with Crippen molar-refractivity contribution < 1.29 is 28.7 Å². The van der Waals surface area contributed by atoms with Gasteiger partial charge in [-0.3, -0.25) is 34.3 Å². The van der Waals surface area contributed by atoms with Crippen LogP contribution >= 0.6 is 11.6 Å². The quantitative estimate of drug-likeness (QED) is 0.0832. The first-order valence-corrected chi connectivity index (χ1v) is 22.4. The number of carbonyl (C=O) groups is 5. The number of carbonyl (C=O) groups excluding carboxylic acids is 5. The van der Waals surface area contributed by atoms with E-state index in [0.717, 1.165) is 60.8 Å². The molecule has 3 saturated heterocycles. The number of halogens is 1. The van der Waals surface area contributed by atoms with Gasteiger partial charge >= 0.3 is 0 Å². The maximum atomic E-state index is 13.5. The zero-order valence-corrected chi connectivity index (χ0v) is 36.2. The Hall–Kier alpha value is -6.67. The summed E-state index contributed by atoms with van der Waals surface area (Å²) < 4.78 is 5.99. The van der Waals surface area contributed by atoms with Crippen LogP contribution in [0.5, 0.6) is 5.75 Å². The molecule has 14 nitrogen and oxygen atoms in total. The van der Waals surface area contributed by atoms with E-state index in [4.69, 9.17) is 21.3 Å². The summed E-state index contributed by atoms with van der Waals surface area (Å²) in [6.07, 6.45) is 11.4. The first-order chi connectivity index (χ1) is 31.1. The Kier molecular flexibility index (Phi) is 12.4. The van der Waals surface area contributed by atoms with Crippen molar-refractivity contribution in [2.24, 2.45) is 5.41 Å². The van der Waals surface area contributed by atoms with Crippen molar-refractivity contribution in [3.8, 4) is 28.1 Å². The number of aromatic nitrogens is 3. The minimum absolute atomic E-state index is 0.0498. The van der Waals surface area contributed by atoms with Crippen LogP contribution in [0.4, 0.5) is 17.3 Å². The molecule has 9 rings (SSSR count). The van der Waals surface area contributed by atoms with Crippen molar-refractivity contribution in [3.63, 3.8) is 0 Å². The van der Waals surface area contributed by atoms with Gasteiger partial charge in [0.15, 0.2) is 0 Å². The van der Waals surface area contributed by atoms with E-state index in [-0.39, 0.29) is 35.5 Å². The largest absolute Gasteiger partial charge is 0.494 e. The minimum atomic E-state index is -0.647. The van der Waals surface area contributed by atoms with Crippen molar-refractivity contribution in [2.45, 2.75) is 76.8 Å². The molecular formula is C49H49ClN8O6. The monoisotopic (exact) mass is 880 g/mol. The molecular weight excluding hydrogens is 832 g/mol. The number of rotatable bonds is 14. The summed E-state index contributed by atoms with van der Waals surface area (Å²) in [6, 6.07) is 24.8. The van der Waals surface area contributed by atoms with Crippen LogP contribution < -0.4 is 20.3 Å². The number of amides is 5. The molecule has 4 aliphatic rings. The molecule has 0 aliphatic carbocycles. The molecule has 4 aliphatic heterocycles. The minimum Gasteiger partial charge on any atom is -0.494 e. The third-order valence-electron chi connectivity index (χ3n) is 12.8. The number of benzene rings is 3. The molecule has 15 heteroatoms. The second-order valence-electron chi connectivity index (χ2n) is 17.2. The predicted octanol–water partition coefficient (Wildman–Crippen LogP) is 7.74. The predicted molar refractivity (Wildman–Crippen MR) is 242 cm³/mol. The van der Waals surface area contributed by atoms with Gasteiger partial charge < -0.3 is 24.8 Å². The maximum absolute atomic E-state index is 13.5. The second-order valence-corrected chi connectivity index (χ2v) is 17.6. The van der Waals surface area contributed by atoms with Crippen LogP contribution in [0.15, 0.2) is 97.5 Å². The average molecular weight is 881 g/mol. The third kappa shape index (κ3) is 9.33. The van der Waals surface area contributed by atoms with Crippen molar-refractivity contribution in [3.05, 3.63) is 114 Å². The molecule has 0 bridgehead atoms. The van der Waals surface area contributed by atoms with Gasteiger partial charge in [-0.25, -0.2) is 9.97 Å². The zero-order valence-electron chi connectivity index (χ0n) is 35.4. The van der Waals surface area contributed by atoms with E-state index in [1.54, 1.807) is 30.7 Å². The van der Waals surface area contributed by atoms with Gasteiger partial charge in [0, 0.05) is 62.0 Å². The van der Waals surface area contributed by atoms with Crippen LogP contribution in [0.3, 0.4) is 0 Å². The highest BCUT2D eigenvalue weighted by atomic mass is 35.5. The smallest absolute Gasteiger partial charge is 0.255 e. The van der Waals surface area contributed by atoms with E-state index in [0.29, 0.717) is 91.4 Å². The Balaban J connectivity index is 0.705. The summed E-state index contributed by atoms with van der Waals surface area (Å²) in [4.78, 5) is 82.5. The molecule has 5 amide bonds. The number of likely N-dealkylation sites (tertiary alicyclic amines) is 1. The third-order valence-corrected chi connectivity index (χ3v) is 13.1. The van der Waals surface area contributed by atoms with E-state index in [1.165, 1.54) is 4.90 Å². The van der Waals surface area contributed by atoms with Gasteiger partial charge in [-0.05, 0) is 79.1 Å². The first-order valence-electron chi connectivity index (χ1n) is 22.0. The summed E-state index contributed by atoms with van der Waals surface area (Å²) in [5.74, 6) is 0.292. The highest BCUT2D eigenvalue weighted by molar-refractivity contribution is 6.33. The number of unbranched alkanes of at least 4 members (excludes halogenated alkanes) is 3. The van der Waals surface area contributed by atoms with Crippen molar-refractivity contribution in [1.82, 2.24) is 30.1 Å². The molecule has 1 atom stereocenters. The lowest BCUT2D eigenvalue weighted by Crippen LogP contribution is -2.52. The van der Waals surface area contributed by atoms with Gasteiger partial charge in [0.2, 0.25) is 29.6 Å². The number of imide groups is 1. The van der Waals surface area contributed by atoms with Crippen LogP contribution in [0.2, 0.25) is 5.02 Å². The Morgan fingerprint density at radius 3 is 2.50 bits per heavy atom. The normalized spacial score (nSPS) is 18.1. The number of nitrogens with one attached hydrogen (secondary N) is 2. The Morgan fingerprint density at radius 1 is 0.875 bits per heavy atom. The summed E-state index contributed by atoms with van der Waals surface area (Å²) >= 11 is 6.60. The first kappa shape index (κ1) is 42.6. The lowest BCUT2D eigenvalue weighted by molar-refractivity contribution is -0.137. The Labute approximate surface area is 376 Å². The molecule has 3 aromatic carbocycles. The number of hydrogen-bond acceptors (Lipinski definition) is 10. The molecule has 1 spiro atoms. The summed E-state index contributed by atoms with van der Waals surface area (Å²) in [7, 11) is 0. The fraction of sp³-hybridized carbons (Fsp3) is 0.347. The highest BCUT2D eigenvalue weighted by Crippen LogP contribution is 2.43. The van der Waals surface area contributed by atoms with Gasteiger partial charge in [0.25, 0.3) is 5.91 Å². The molecule has 0 saturated carbocycles. The zero-order chi connectivity index (χ0) is 44.2. The number of ether oxygens (including phenoxy) is 1. The topological polar surface area (TPSA) is 167 Å². The van der Waals surface area contributed by atoms with Gasteiger partial charge in [0.1, 0.15) is 11.8 Å². The molecule has 6 heterocycles. The van der Waals surface area contributed by atoms with Crippen LogP contribution in [-0.2, 0) is 25.7 Å². The van der Waals surface area contributed by atoms with Crippen LogP contribution in [0.25, 0.3) is 22.4 Å². The molecule has 1 unspecified atom stereocenters. The van der Waals surface area contributed by atoms with E-state index >= 15 is 0 Å². The fourth-order valence-electron chi connectivity index (χ4n) is 9.30. The SMILES string of the molecule is O=C1CCC(N2Cc3cc(OCCCCCCC(=O)N4CCC5(CC4)CC(=O)N(c4cncc(Nc6ncc(Cl)c(-c7cccc(-c8ccccc8)c7)n6)c4)C5)ccc3C2=O)C(=O)N1. The van der Waals surface area contributed by atoms with Crippen molar-refractivity contribution in [2.75, 3.05) is 36.5 Å². The number of anilines is 3. The fourth-order valence-corrected chi connectivity index (χ4v) is 9.50. The van der Waals surface area contributed by atoms with E-state index in [1.807, 2.05) is 52.3 Å². The Morgan fingerprint density at radius 2 is 1.67 bits per heavy atom. The van der Waals surface area contributed by atoms with E-state index in [2.05, 4.69) is 44.9 Å². The van der Waals surface area contributed by atoms with Crippen LogP contribution in [0, 0.1) is 5.41 Å². The lowest BCUT2D eigenvalue weighted by atomic mass is 9.77. The van der Waals surface area contributed by atoms with Crippen LogP contribution in [-0.4, -0.2) is 86.6 Å². The molecule has 2 N–H and O–H groups in total. The second kappa shape index (κ2) is 18.6. The molecule has 328 valence electrons. The van der Waals surface area contributed by atoms with Gasteiger partial charge in [-0.15, -0.1) is 0 Å². The number of nitrogens with zero attached hydrogens (tertiary/aromatic N) is 6. The van der Waals surface area contributed by atoms with E-state index < -0.39 is 11.9 Å². The molecule has 0 radical (unpaired) electrons. The molecule has 5 aromatic rings. The summed E-state index contributed by atoms with van der Waals surface area (Å²) in [6.45, 7) is 2.67. The van der Waals surface area contributed by atoms with E-state index in [9.17, 15) is 24.0 Å². The lowest BCUT2D eigenvalue weighted by Gasteiger charge is -2.38. The van der Waals surface area contributed by atoms with Crippen molar-refractivity contribution >= 4 is 58.5 Å². The van der Waals surface area contributed by atoms with Crippen LogP contribution in [0.1, 0.15) is 80.1 Å². The van der Waals surface area contributed by atoms with Gasteiger partial charge in [-0.1, -0.05) is 73.0 Å². The maximum Gasteiger partial charge on any atom is 0.255 e. The molecule has 2 aromatic heterocycles. The number of hydrogen-bond donors (Lipinski definition) is 2. The Bertz CT molecular complexity index is 2600. The summed E-state index contributed by atoms with van der Waals surface area (Å²) in [5.41, 5.74) is 6.12. The van der Waals surface area contributed by atoms with Gasteiger partial charge in [0.05, 0.1) is 47.3 Å². The summed E-state index contributed by atoms with van der Waals surface area (Å²) in [5, 5.41) is 6.02. The van der Waals surface area contributed by atoms with Crippen molar-refractivity contribution in [1.29, 1.82) is 0 Å². The number of fused-ring (bicyclic) bond motifs is 1. The number of pyridine rings is 1. The number of piperidine rings is 2.